The minimum absolute atomic E-state index is 0.0534. The molecular formula is C19H20F2N6OS. The van der Waals surface area contributed by atoms with Crippen LogP contribution >= 0.6 is 11.3 Å². The average Bonchev–Trinajstić information content (AvgIpc) is 3.36. The molecule has 3 aromatic heterocycles. The number of hydrogen-bond donors (Lipinski definition) is 1. The fourth-order valence-electron chi connectivity index (χ4n) is 3.03. The summed E-state index contributed by atoms with van der Waals surface area (Å²) in [6, 6.07) is 4.88. The Balaban J connectivity index is 1.31. The molecule has 152 valence electrons. The number of alkyl halides is 2. The number of hydrogen-bond acceptors (Lipinski definition) is 8. The first kappa shape index (κ1) is 19.6. The molecule has 1 aliphatic rings. The van der Waals surface area contributed by atoms with E-state index < -0.39 is 6.43 Å². The molecule has 1 fully saturated rings. The number of nitrogens with zero attached hydrogens (tertiary/aromatic N) is 5. The highest BCUT2D eigenvalue weighted by Crippen LogP contribution is 2.46. The van der Waals surface area contributed by atoms with Gasteiger partial charge in [-0.1, -0.05) is 11.3 Å². The molecule has 0 bridgehead atoms. The van der Waals surface area contributed by atoms with Crippen LogP contribution in [-0.2, 0) is 6.54 Å². The second kappa shape index (κ2) is 8.32. The maximum atomic E-state index is 12.6. The average molecular weight is 418 g/mol. The van der Waals surface area contributed by atoms with Crippen molar-refractivity contribution in [3.63, 3.8) is 0 Å². The number of anilines is 1. The summed E-state index contributed by atoms with van der Waals surface area (Å²) in [7, 11) is 0. The van der Waals surface area contributed by atoms with Crippen LogP contribution in [0.15, 0.2) is 24.4 Å². The van der Waals surface area contributed by atoms with Gasteiger partial charge in [-0.2, -0.15) is 4.98 Å². The minimum atomic E-state index is -2.49. The Morgan fingerprint density at radius 3 is 2.79 bits per heavy atom. The zero-order chi connectivity index (χ0) is 20.4. The van der Waals surface area contributed by atoms with Crippen molar-refractivity contribution in [2.75, 3.05) is 11.9 Å². The summed E-state index contributed by atoms with van der Waals surface area (Å²) in [5.41, 5.74) is 0.777. The van der Waals surface area contributed by atoms with Crippen molar-refractivity contribution < 1.29 is 13.5 Å². The van der Waals surface area contributed by atoms with Gasteiger partial charge in [-0.05, 0) is 32.4 Å². The van der Waals surface area contributed by atoms with Crippen molar-refractivity contribution in [1.29, 1.82) is 0 Å². The molecule has 0 spiro atoms. The summed E-state index contributed by atoms with van der Waals surface area (Å²) in [6.07, 6.45) is -0.317. The number of rotatable bonds is 8. The van der Waals surface area contributed by atoms with Gasteiger partial charge in [0.25, 0.3) is 6.43 Å². The highest BCUT2D eigenvalue weighted by atomic mass is 32.1. The topological polar surface area (TPSA) is 85.7 Å². The number of nitrogens with one attached hydrogen (secondary N) is 1. The van der Waals surface area contributed by atoms with Crippen molar-refractivity contribution in [3.05, 3.63) is 51.5 Å². The van der Waals surface area contributed by atoms with E-state index in [-0.39, 0.29) is 11.5 Å². The summed E-state index contributed by atoms with van der Waals surface area (Å²) in [6.45, 7) is 4.75. The number of aromatic nitrogens is 5. The van der Waals surface area contributed by atoms with Crippen LogP contribution in [0.5, 0.6) is 5.88 Å². The van der Waals surface area contributed by atoms with E-state index in [0.717, 1.165) is 22.1 Å². The monoisotopic (exact) mass is 418 g/mol. The third-order valence-electron chi connectivity index (χ3n) is 4.61. The molecular weight excluding hydrogens is 398 g/mol. The van der Waals surface area contributed by atoms with Gasteiger partial charge in [0.05, 0.1) is 13.2 Å². The third-order valence-corrected chi connectivity index (χ3v) is 5.45. The van der Waals surface area contributed by atoms with Crippen LogP contribution in [0.3, 0.4) is 0 Å². The van der Waals surface area contributed by atoms with Crippen LogP contribution in [0, 0.1) is 19.8 Å². The van der Waals surface area contributed by atoms with Crippen LogP contribution < -0.4 is 10.1 Å². The Labute approximate surface area is 170 Å². The van der Waals surface area contributed by atoms with E-state index in [4.69, 9.17) is 4.74 Å². The molecule has 0 aliphatic heterocycles. The predicted octanol–water partition coefficient (Wildman–Crippen LogP) is 4.07. The zero-order valence-corrected chi connectivity index (χ0v) is 16.8. The van der Waals surface area contributed by atoms with Crippen molar-refractivity contribution >= 4 is 17.2 Å². The molecule has 0 aromatic carbocycles. The number of aryl methyl sites for hydroxylation is 2. The van der Waals surface area contributed by atoms with E-state index in [1.807, 2.05) is 13.8 Å². The predicted molar refractivity (Wildman–Crippen MR) is 104 cm³/mol. The number of ether oxygens (including phenoxy) is 1. The van der Waals surface area contributed by atoms with Gasteiger partial charge in [0, 0.05) is 35.4 Å². The Bertz CT molecular complexity index is 981. The summed E-state index contributed by atoms with van der Waals surface area (Å²) in [5.74, 6) is 2.31. The maximum absolute atomic E-state index is 12.6. The molecule has 1 N–H and O–H groups in total. The van der Waals surface area contributed by atoms with E-state index in [2.05, 4.69) is 30.5 Å². The quantitative estimate of drug-likeness (QED) is 0.590. The number of halogens is 2. The smallest absolute Gasteiger partial charge is 0.265 e. The summed E-state index contributed by atoms with van der Waals surface area (Å²) >= 11 is 1.53. The molecule has 3 aromatic rings. The molecule has 7 nitrogen and oxygen atoms in total. The van der Waals surface area contributed by atoms with Gasteiger partial charge in [0.2, 0.25) is 5.88 Å². The van der Waals surface area contributed by atoms with Crippen LogP contribution in [0.2, 0.25) is 0 Å². The molecule has 2 atom stereocenters. The Kier molecular flexibility index (Phi) is 5.61. The molecule has 29 heavy (non-hydrogen) atoms. The van der Waals surface area contributed by atoms with Gasteiger partial charge >= 0.3 is 0 Å². The molecule has 0 unspecified atom stereocenters. The van der Waals surface area contributed by atoms with Gasteiger partial charge in [-0.25, -0.2) is 13.8 Å². The van der Waals surface area contributed by atoms with Crippen LogP contribution in [0.4, 0.5) is 14.6 Å². The SMILES string of the molecule is Cc1nc(NCc2nnc(C)s2)cc(OC[C@H]2C[C@@H]2c2ccc(C(F)F)cn2)n1. The van der Waals surface area contributed by atoms with Gasteiger partial charge in [-0.3, -0.25) is 4.98 Å². The Hall–Kier alpha value is -2.75. The van der Waals surface area contributed by atoms with Crippen molar-refractivity contribution in [1.82, 2.24) is 25.1 Å². The second-order valence-corrected chi connectivity index (χ2v) is 8.20. The van der Waals surface area contributed by atoms with Crippen molar-refractivity contribution in [3.8, 4) is 5.88 Å². The van der Waals surface area contributed by atoms with Gasteiger partial charge in [0.15, 0.2) is 0 Å². The lowest BCUT2D eigenvalue weighted by atomic mass is 10.2. The largest absolute Gasteiger partial charge is 0.477 e. The molecule has 1 aliphatic carbocycles. The van der Waals surface area contributed by atoms with E-state index in [1.165, 1.54) is 23.6 Å². The first-order chi connectivity index (χ1) is 14.0. The third kappa shape index (κ3) is 5.00. The Morgan fingerprint density at radius 1 is 1.24 bits per heavy atom. The summed E-state index contributed by atoms with van der Waals surface area (Å²) in [4.78, 5) is 12.9. The molecule has 0 amide bonds. The zero-order valence-electron chi connectivity index (χ0n) is 16.0. The highest BCUT2D eigenvalue weighted by Gasteiger charge is 2.40. The van der Waals surface area contributed by atoms with Gasteiger partial charge < -0.3 is 10.1 Å². The lowest BCUT2D eigenvalue weighted by Crippen LogP contribution is -2.07. The minimum Gasteiger partial charge on any atom is -0.477 e. The molecule has 0 saturated heterocycles. The molecule has 3 heterocycles. The van der Waals surface area contributed by atoms with E-state index in [0.29, 0.717) is 36.6 Å². The standard InChI is InChI=1S/C19H20F2N6OS/c1-10-24-16(23-8-18-27-26-11(2)29-18)6-17(25-10)28-9-13-5-14(13)15-4-3-12(7-22-15)19(20)21/h3-4,6-7,13-14,19H,5,8-9H2,1-2H3,(H,23,24,25)/t13-,14+/m1/s1. The van der Waals surface area contributed by atoms with Crippen LogP contribution in [-0.4, -0.2) is 31.8 Å². The fraction of sp³-hybridized carbons (Fsp3) is 0.421. The Morgan fingerprint density at radius 2 is 2.10 bits per heavy atom. The van der Waals surface area contributed by atoms with Gasteiger partial charge in [-0.15, -0.1) is 10.2 Å². The fourth-order valence-corrected chi connectivity index (χ4v) is 3.68. The van der Waals surface area contributed by atoms with Gasteiger partial charge in [0.1, 0.15) is 21.7 Å². The molecule has 10 heteroatoms. The molecule has 4 rings (SSSR count). The van der Waals surface area contributed by atoms with E-state index in [1.54, 1.807) is 12.1 Å². The van der Waals surface area contributed by atoms with E-state index in [9.17, 15) is 8.78 Å². The lowest BCUT2D eigenvalue weighted by Gasteiger charge is -2.09. The van der Waals surface area contributed by atoms with Crippen molar-refractivity contribution in [2.45, 2.75) is 39.2 Å². The summed E-state index contributed by atoms with van der Waals surface area (Å²) < 4.78 is 31.1. The first-order valence-corrected chi connectivity index (χ1v) is 10.0. The van der Waals surface area contributed by atoms with Crippen molar-refractivity contribution in [2.24, 2.45) is 5.92 Å². The first-order valence-electron chi connectivity index (χ1n) is 9.23. The number of pyridine rings is 1. The highest BCUT2D eigenvalue weighted by molar-refractivity contribution is 7.11. The maximum Gasteiger partial charge on any atom is 0.265 e. The lowest BCUT2D eigenvalue weighted by molar-refractivity contribution is 0.151. The van der Waals surface area contributed by atoms with E-state index >= 15 is 0 Å². The molecule has 1 saturated carbocycles. The van der Waals surface area contributed by atoms with Crippen LogP contribution in [0.1, 0.15) is 45.9 Å². The summed E-state index contributed by atoms with van der Waals surface area (Å²) in [5, 5.41) is 13.1. The van der Waals surface area contributed by atoms with Crippen LogP contribution in [0.25, 0.3) is 0 Å². The normalized spacial score (nSPS) is 18.1. The molecule has 0 radical (unpaired) electrons. The second-order valence-electron chi connectivity index (χ2n) is 6.94.